The fourth-order valence-electron chi connectivity index (χ4n) is 1.51. The summed E-state index contributed by atoms with van der Waals surface area (Å²) in [5, 5.41) is 0. The van der Waals surface area contributed by atoms with Crippen LogP contribution < -0.4 is 0 Å². The molecule has 94 valence electrons. The summed E-state index contributed by atoms with van der Waals surface area (Å²) in [5.74, 6) is 0. The van der Waals surface area contributed by atoms with Gasteiger partial charge in [-0.25, -0.2) is 0 Å². The van der Waals surface area contributed by atoms with Crippen molar-refractivity contribution in [3.63, 3.8) is 0 Å². The molecule has 1 aliphatic rings. The molecule has 1 nitrogen and oxygen atoms in total. The van der Waals surface area contributed by atoms with Crippen LogP contribution in [0.3, 0.4) is 0 Å². The van der Waals surface area contributed by atoms with Crippen LogP contribution in [0.4, 0.5) is 26.3 Å². The Bertz CT molecular complexity index is 257. The van der Waals surface area contributed by atoms with Crippen molar-refractivity contribution in [3.05, 3.63) is 12.2 Å². The van der Waals surface area contributed by atoms with E-state index < -0.39 is 28.4 Å². The Hall–Kier alpha value is -0.240. The third-order valence-corrected chi connectivity index (χ3v) is 3.16. The summed E-state index contributed by atoms with van der Waals surface area (Å²) >= 11 is 2.85. The number of hydrogen-bond donors (Lipinski definition) is 0. The van der Waals surface area contributed by atoms with Gasteiger partial charge in [-0.15, -0.1) is 4.90 Å². The number of halogens is 7. The Morgan fingerprint density at radius 3 is 1.94 bits per heavy atom. The van der Waals surface area contributed by atoms with E-state index in [-0.39, 0.29) is 6.42 Å². The first-order valence-corrected chi connectivity index (χ1v) is 5.29. The highest BCUT2D eigenvalue weighted by molar-refractivity contribution is 9.09. The standard InChI is InChI=1S/C8H8BrF6N/c9-5-3-1-2-4-6(5)16(7(10,11)12)8(13,14)15/h2,4-6H,1,3H2/t5-,6-/m1/s1. The number of rotatable bonds is 1. The predicted octanol–water partition coefficient (Wildman–Crippen LogP) is 3.81. The van der Waals surface area contributed by atoms with Gasteiger partial charge in [-0.3, -0.25) is 0 Å². The minimum Gasteiger partial charge on any atom is -0.155 e. The van der Waals surface area contributed by atoms with Gasteiger partial charge in [-0.2, -0.15) is 26.3 Å². The molecule has 0 aromatic heterocycles. The van der Waals surface area contributed by atoms with E-state index >= 15 is 0 Å². The topological polar surface area (TPSA) is 3.24 Å². The maximum atomic E-state index is 12.3. The van der Waals surface area contributed by atoms with Crippen LogP contribution in [-0.2, 0) is 0 Å². The first-order chi connectivity index (χ1) is 7.14. The average Bonchev–Trinajstić information content (AvgIpc) is 2.03. The van der Waals surface area contributed by atoms with Crippen molar-refractivity contribution in [1.82, 2.24) is 4.90 Å². The predicted molar refractivity (Wildman–Crippen MR) is 48.8 cm³/mol. The van der Waals surface area contributed by atoms with Gasteiger partial charge in [0.25, 0.3) is 0 Å². The minimum atomic E-state index is -5.43. The van der Waals surface area contributed by atoms with Gasteiger partial charge in [0.2, 0.25) is 0 Å². The second kappa shape index (κ2) is 4.56. The van der Waals surface area contributed by atoms with Gasteiger partial charge in [0.15, 0.2) is 0 Å². The molecule has 0 aromatic carbocycles. The molecule has 0 bridgehead atoms. The van der Waals surface area contributed by atoms with E-state index in [4.69, 9.17) is 0 Å². The summed E-state index contributed by atoms with van der Waals surface area (Å²) in [7, 11) is 0. The second-order valence-corrected chi connectivity index (χ2v) is 4.49. The molecule has 0 heterocycles. The van der Waals surface area contributed by atoms with Gasteiger partial charge in [-0.1, -0.05) is 28.1 Å². The van der Waals surface area contributed by atoms with E-state index in [1.807, 2.05) is 0 Å². The zero-order valence-electron chi connectivity index (χ0n) is 7.82. The van der Waals surface area contributed by atoms with Crippen molar-refractivity contribution in [3.8, 4) is 0 Å². The summed E-state index contributed by atoms with van der Waals surface area (Å²) in [5.41, 5.74) is 0. The van der Waals surface area contributed by atoms with Gasteiger partial charge in [0.1, 0.15) is 0 Å². The number of nitrogens with zero attached hydrogens (tertiary/aromatic N) is 1. The molecular weight excluding hydrogens is 304 g/mol. The molecule has 1 rings (SSSR count). The fraction of sp³-hybridized carbons (Fsp3) is 0.750. The summed E-state index contributed by atoms with van der Waals surface area (Å²) in [6.45, 7) is 0. The van der Waals surface area contributed by atoms with Crippen LogP contribution in [0.25, 0.3) is 0 Å². The Balaban J connectivity index is 3.02. The molecule has 0 saturated heterocycles. The first kappa shape index (κ1) is 13.8. The molecule has 0 radical (unpaired) electrons. The van der Waals surface area contributed by atoms with E-state index in [9.17, 15) is 26.3 Å². The molecular formula is C8H8BrF6N. The van der Waals surface area contributed by atoms with Gasteiger partial charge < -0.3 is 0 Å². The SMILES string of the molecule is FC(F)(F)N([C@@H]1C=CCC[C@H]1Br)C(F)(F)F. The van der Waals surface area contributed by atoms with Crippen molar-refractivity contribution >= 4 is 15.9 Å². The molecule has 0 N–H and O–H groups in total. The van der Waals surface area contributed by atoms with Crippen LogP contribution >= 0.6 is 15.9 Å². The fourth-order valence-corrected chi connectivity index (χ4v) is 2.19. The second-order valence-electron chi connectivity index (χ2n) is 3.32. The minimum absolute atomic E-state index is 0.240. The van der Waals surface area contributed by atoms with Crippen molar-refractivity contribution in [2.45, 2.75) is 36.3 Å². The lowest BCUT2D eigenvalue weighted by atomic mass is 10.0. The molecule has 0 amide bonds. The molecule has 2 atom stereocenters. The van der Waals surface area contributed by atoms with E-state index in [1.54, 1.807) is 0 Å². The van der Waals surface area contributed by atoms with E-state index in [0.29, 0.717) is 6.42 Å². The summed E-state index contributed by atoms with van der Waals surface area (Å²) in [6, 6.07) is -1.74. The maximum absolute atomic E-state index is 12.3. The smallest absolute Gasteiger partial charge is 0.155 e. The highest BCUT2D eigenvalue weighted by atomic mass is 79.9. The zero-order chi connectivity index (χ0) is 12.6. The highest BCUT2D eigenvalue weighted by Gasteiger charge is 2.57. The molecule has 0 aromatic rings. The van der Waals surface area contributed by atoms with E-state index in [2.05, 4.69) is 15.9 Å². The quantitative estimate of drug-likeness (QED) is 0.308. The van der Waals surface area contributed by atoms with Gasteiger partial charge in [0.05, 0.1) is 6.04 Å². The summed E-state index contributed by atoms with van der Waals surface area (Å²) < 4.78 is 74.0. The third kappa shape index (κ3) is 3.13. The first-order valence-electron chi connectivity index (χ1n) is 4.37. The Kier molecular flexibility index (Phi) is 3.94. The number of hydrogen-bond acceptors (Lipinski definition) is 1. The largest absolute Gasteiger partial charge is 0.467 e. The lowest BCUT2D eigenvalue weighted by Gasteiger charge is -2.36. The monoisotopic (exact) mass is 311 g/mol. The Morgan fingerprint density at radius 2 is 1.56 bits per heavy atom. The van der Waals surface area contributed by atoms with E-state index in [1.165, 1.54) is 6.08 Å². The zero-order valence-corrected chi connectivity index (χ0v) is 9.40. The molecule has 8 heteroatoms. The molecule has 0 aliphatic heterocycles. The summed E-state index contributed by atoms with van der Waals surface area (Å²) in [4.78, 5) is -2.24. The molecule has 16 heavy (non-hydrogen) atoms. The number of allylic oxidation sites excluding steroid dienone is 1. The molecule has 0 unspecified atom stereocenters. The van der Waals surface area contributed by atoms with Crippen molar-refractivity contribution < 1.29 is 26.3 Å². The van der Waals surface area contributed by atoms with Crippen LogP contribution in [-0.4, -0.2) is 28.4 Å². The molecule has 1 aliphatic carbocycles. The van der Waals surface area contributed by atoms with Crippen LogP contribution in [0.5, 0.6) is 0 Å². The van der Waals surface area contributed by atoms with Gasteiger partial charge >= 0.3 is 12.6 Å². The lowest BCUT2D eigenvalue weighted by molar-refractivity contribution is -0.380. The highest BCUT2D eigenvalue weighted by Crippen LogP contribution is 2.39. The van der Waals surface area contributed by atoms with Gasteiger partial charge in [0, 0.05) is 4.83 Å². The molecule has 0 spiro atoms. The van der Waals surface area contributed by atoms with Crippen LogP contribution in [0, 0.1) is 0 Å². The molecule has 0 saturated carbocycles. The van der Waals surface area contributed by atoms with Crippen molar-refractivity contribution in [1.29, 1.82) is 0 Å². The summed E-state index contributed by atoms with van der Waals surface area (Å²) in [6.07, 6.45) is -7.90. The maximum Gasteiger partial charge on any atom is 0.467 e. The lowest BCUT2D eigenvalue weighted by Crippen LogP contribution is -2.56. The normalized spacial score (nSPS) is 27.5. The van der Waals surface area contributed by atoms with Crippen molar-refractivity contribution in [2.75, 3.05) is 0 Å². The Labute approximate surface area is 96.2 Å². The van der Waals surface area contributed by atoms with Gasteiger partial charge in [-0.05, 0) is 12.8 Å². The third-order valence-electron chi connectivity index (χ3n) is 2.16. The van der Waals surface area contributed by atoms with E-state index in [0.717, 1.165) is 6.08 Å². The average molecular weight is 312 g/mol. The van der Waals surface area contributed by atoms with Crippen LogP contribution in [0.15, 0.2) is 12.2 Å². The Morgan fingerprint density at radius 1 is 1.06 bits per heavy atom. The molecule has 0 fully saturated rings. The van der Waals surface area contributed by atoms with Crippen LogP contribution in [0.1, 0.15) is 12.8 Å². The van der Waals surface area contributed by atoms with Crippen LogP contribution in [0.2, 0.25) is 0 Å². The number of alkyl halides is 7. The van der Waals surface area contributed by atoms with Crippen molar-refractivity contribution in [2.24, 2.45) is 0 Å².